The van der Waals surface area contributed by atoms with Gasteiger partial charge in [0, 0.05) is 23.1 Å². The summed E-state index contributed by atoms with van der Waals surface area (Å²) in [4.78, 5) is 0. The second kappa shape index (κ2) is 6.85. The van der Waals surface area contributed by atoms with Crippen molar-refractivity contribution in [3.05, 3.63) is 26.6 Å². The SMILES string of the molecule is COc1c(Br)cc(Br)cc1CNCCS(N)(=O)=O. The highest BCUT2D eigenvalue weighted by Crippen LogP contribution is 2.32. The fourth-order valence-corrected chi connectivity index (χ4v) is 3.32. The van der Waals surface area contributed by atoms with E-state index >= 15 is 0 Å². The maximum absolute atomic E-state index is 10.8. The summed E-state index contributed by atoms with van der Waals surface area (Å²) in [6, 6.07) is 3.79. The average Bonchev–Trinajstić information content (AvgIpc) is 2.22. The molecule has 1 rings (SSSR count). The van der Waals surface area contributed by atoms with Crippen LogP contribution in [0.15, 0.2) is 21.1 Å². The average molecular weight is 402 g/mol. The Labute approximate surface area is 123 Å². The van der Waals surface area contributed by atoms with Crippen LogP contribution >= 0.6 is 31.9 Å². The number of ether oxygens (including phenoxy) is 1. The standard InChI is InChI=1S/C10H14Br2N2O3S/c1-17-10-7(4-8(11)5-9(10)12)6-14-2-3-18(13,15)16/h4-5,14H,2-3,6H2,1H3,(H2,13,15,16). The summed E-state index contributed by atoms with van der Waals surface area (Å²) < 4.78 is 28.6. The molecule has 0 heterocycles. The molecule has 0 spiro atoms. The van der Waals surface area contributed by atoms with E-state index in [1.165, 1.54) is 0 Å². The Kier molecular flexibility index (Phi) is 6.06. The van der Waals surface area contributed by atoms with E-state index in [1.54, 1.807) is 7.11 Å². The third kappa shape index (κ3) is 5.23. The molecule has 5 nitrogen and oxygen atoms in total. The van der Waals surface area contributed by atoms with Crippen molar-refractivity contribution in [2.24, 2.45) is 5.14 Å². The van der Waals surface area contributed by atoms with Gasteiger partial charge in [0.05, 0.1) is 17.3 Å². The number of benzene rings is 1. The first-order valence-electron chi connectivity index (χ1n) is 5.06. The van der Waals surface area contributed by atoms with Crippen molar-refractivity contribution in [2.45, 2.75) is 6.54 Å². The lowest BCUT2D eigenvalue weighted by Crippen LogP contribution is -2.26. The number of nitrogens with two attached hydrogens (primary N) is 1. The summed E-state index contributed by atoms with van der Waals surface area (Å²) in [6.45, 7) is 0.794. The monoisotopic (exact) mass is 400 g/mol. The van der Waals surface area contributed by atoms with Gasteiger partial charge in [-0.15, -0.1) is 0 Å². The van der Waals surface area contributed by atoms with Crippen molar-refractivity contribution >= 4 is 41.9 Å². The van der Waals surface area contributed by atoms with E-state index in [-0.39, 0.29) is 5.75 Å². The number of halogens is 2. The van der Waals surface area contributed by atoms with Crippen molar-refractivity contribution in [1.29, 1.82) is 0 Å². The van der Waals surface area contributed by atoms with Crippen LogP contribution in [-0.2, 0) is 16.6 Å². The van der Waals surface area contributed by atoms with Crippen molar-refractivity contribution in [1.82, 2.24) is 5.32 Å². The lowest BCUT2D eigenvalue weighted by Gasteiger charge is -2.12. The van der Waals surface area contributed by atoms with Crippen LogP contribution in [0.5, 0.6) is 5.75 Å². The van der Waals surface area contributed by atoms with Gasteiger partial charge < -0.3 is 10.1 Å². The second-order valence-electron chi connectivity index (χ2n) is 3.62. The number of hydrogen-bond donors (Lipinski definition) is 2. The summed E-state index contributed by atoms with van der Waals surface area (Å²) in [5, 5.41) is 7.92. The third-order valence-corrected chi connectivity index (χ3v) is 3.99. The number of rotatable bonds is 6. The van der Waals surface area contributed by atoms with Gasteiger partial charge in [-0.1, -0.05) is 15.9 Å². The highest BCUT2D eigenvalue weighted by Gasteiger charge is 2.09. The van der Waals surface area contributed by atoms with Gasteiger partial charge in [-0.05, 0) is 28.1 Å². The molecule has 3 N–H and O–H groups in total. The first kappa shape index (κ1) is 15.9. The summed E-state index contributed by atoms with van der Waals surface area (Å²) >= 11 is 6.79. The normalized spacial score (nSPS) is 11.6. The van der Waals surface area contributed by atoms with Gasteiger partial charge in [0.25, 0.3) is 0 Å². The first-order chi connectivity index (χ1) is 8.33. The highest BCUT2D eigenvalue weighted by molar-refractivity contribution is 9.11. The van der Waals surface area contributed by atoms with Crippen LogP contribution in [0.25, 0.3) is 0 Å². The number of methoxy groups -OCH3 is 1. The number of sulfonamides is 1. The lowest BCUT2D eigenvalue weighted by molar-refractivity contribution is 0.405. The molecular formula is C10H14Br2N2O3S. The fraction of sp³-hybridized carbons (Fsp3) is 0.400. The number of primary sulfonamides is 1. The predicted molar refractivity (Wildman–Crippen MR) is 78.1 cm³/mol. The van der Waals surface area contributed by atoms with Crippen molar-refractivity contribution in [3.8, 4) is 5.75 Å². The van der Waals surface area contributed by atoms with Crippen LogP contribution in [0.4, 0.5) is 0 Å². The largest absolute Gasteiger partial charge is 0.495 e. The molecule has 0 unspecified atom stereocenters. The smallest absolute Gasteiger partial charge is 0.210 e. The molecule has 0 aliphatic rings. The molecule has 0 aromatic heterocycles. The van der Waals surface area contributed by atoms with Crippen LogP contribution in [-0.4, -0.2) is 27.8 Å². The molecular weight excluding hydrogens is 388 g/mol. The highest BCUT2D eigenvalue weighted by atomic mass is 79.9. The molecule has 8 heteroatoms. The Hall–Kier alpha value is -0.150. The van der Waals surface area contributed by atoms with Crippen molar-refractivity contribution in [2.75, 3.05) is 19.4 Å². The Morgan fingerprint density at radius 2 is 2.06 bits per heavy atom. The summed E-state index contributed by atoms with van der Waals surface area (Å²) in [7, 11) is -1.84. The van der Waals surface area contributed by atoms with Crippen LogP contribution in [0.3, 0.4) is 0 Å². The van der Waals surface area contributed by atoms with Gasteiger partial charge in [0.1, 0.15) is 5.75 Å². The summed E-state index contributed by atoms with van der Waals surface area (Å²) in [5.41, 5.74) is 0.924. The van der Waals surface area contributed by atoms with E-state index in [1.807, 2.05) is 12.1 Å². The Morgan fingerprint density at radius 1 is 1.39 bits per heavy atom. The molecule has 102 valence electrons. The molecule has 0 atom stereocenters. The third-order valence-electron chi connectivity index (χ3n) is 2.17. The van der Waals surface area contributed by atoms with Crippen molar-refractivity contribution < 1.29 is 13.2 Å². The van der Waals surface area contributed by atoms with Crippen LogP contribution < -0.4 is 15.2 Å². The zero-order chi connectivity index (χ0) is 13.8. The molecule has 0 aliphatic heterocycles. The molecule has 1 aromatic carbocycles. The topological polar surface area (TPSA) is 81.4 Å². The van der Waals surface area contributed by atoms with Gasteiger partial charge in [-0.3, -0.25) is 0 Å². The van der Waals surface area contributed by atoms with Gasteiger partial charge >= 0.3 is 0 Å². The van der Waals surface area contributed by atoms with E-state index in [0.717, 1.165) is 20.3 Å². The molecule has 18 heavy (non-hydrogen) atoms. The van der Waals surface area contributed by atoms with Crippen LogP contribution in [0.2, 0.25) is 0 Å². The van der Waals surface area contributed by atoms with Gasteiger partial charge in [0.2, 0.25) is 10.0 Å². The van der Waals surface area contributed by atoms with E-state index in [2.05, 4.69) is 37.2 Å². The first-order valence-corrected chi connectivity index (χ1v) is 8.36. The van der Waals surface area contributed by atoms with E-state index in [9.17, 15) is 8.42 Å². The minimum absolute atomic E-state index is 0.0928. The van der Waals surface area contributed by atoms with Gasteiger partial charge in [0.15, 0.2) is 0 Å². The Balaban J connectivity index is 2.67. The van der Waals surface area contributed by atoms with Gasteiger partial charge in [-0.25, -0.2) is 13.6 Å². The molecule has 0 bridgehead atoms. The minimum Gasteiger partial charge on any atom is -0.495 e. The fourth-order valence-electron chi connectivity index (χ4n) is 1.41. The quantitative estimate of drug-likeness (QED) is 0.709. The molecule has 0 saturated heterocycles. The Morgan fingerprint density at radius 3 is 2.61 bits per heavy atom. The molecule has 1 aromatic rings. The minimum atomic E-state index is -3.42. The number of hydrogen-bond acceptors (Lipinski definition) is 4. The zero-order valence-corrected chi connectivity index (χ0v) is 13.7. The van der Waals surface area contributed by atoms with Crippen LogP contribution in [0.1, 0.15) is 5.56 Å². The van der Waals surface area contributed by atoms with Crippen LogP contribution in [0, 0.1) is 0 Å². The number of nitrogens with one attached hydrogen (secondary N) is 1. The Bertz CT molecular complexity index is 520. The molecule has 0 fully saturated rings. The second-order valence-corrected chi connectivity index (χ2v) is 7.13. The molecule has 0 aliphatic carbocycles. The molecule has 0 saturated carbocycles. The van der Waals surface area contributed by atoms with E-state index < -0.39 is 10.0 Å². The van der Waals surface area contributed by atoms with E-state index in [4.69, 9.17) is 9.88 Å². The molecule has 0 amide bonds. The zero-order valence-electron chi connectivity index (χ0n) is 9.74. The summed E-state index contributed by atoms with van der Waals surface area (Å²) in [6.07, 6.45) is 0. The summed E-state index contributed by atoms with van der Waals surface area (Å²) in [5.74, 6) is 0.631. The van der Waals surface area contributed by atoms with E-state index in [0.29, 0.717) is 13.1 Å². The lowest BCUT2D eigenvalue weighted by atomic mass is 10.2. The molecule has 0 radical (unpaired) electrons. The van der Waals surface area contributed by atoms with Gasteiger partial charge in [-0.2, -0.15) is 0 Å². The predicted octanol–water partition coefficient (Wildman–Crippen LogP) is 1.60. The maximum atomic E-state index is 10.8. The maximum Gasteiger partial charge on any atom is 0.210 e. The van der Waals surface area contributed by atoms with Crippen molar-refractivity contribution in [3.63, 3.8) is 0 Å².